The van der Waals surface area contributed by atoms with Crippen LogP contribution in [0.5, 0.6) is 5.75 Å². The lowest BCUT2D eigenvalue weighted by Crippen LogP contribution is -2.11. The van der Waals surface area contributed by atoms with Gasteiger partial charge in [-0.15, -0.1) is 0 Å². The van der Waals surface area contributed by atoms with Crippen molar-refractivity contribution >= 4 is 28.8 Å². The zero-order valence-electron chi connectivity index (χ0n) is 12.1. The van der Waals surface area contributed by atoms with Gasteiger partial charge in [0.25, 0.3) is 0 Å². The maximum absolute atomic E-state index is 11.8. The summed E-state index contributed by atoms with van der Waals surface area (Å²) in [4.78, 5) is 16.6. The Morgan fingerprint density at radius 1 is 1.00 bits per heavy atom. The van der Waals surface area contributed by atoms with Gasteiger partial charge in [-0.05, 0) is 23.6 Å². The molecule has 0 heterocycles. The van der Waals surface area contributed by atoms with Crippen LogP contribution in [0.3, 0.4) is 0 Å². The minimum absolute atomic E-state index is 0.0642. The number of hydrogen-bond acceptors (Lipinski definition) is 4. The first-order valence-electron chi connectivity index (χ1n) is 7.01. The van der Waals surface area contributed by atoms with E-state index in [0.717, 1.165) is 10.8 Å². The highest BCUT2D eigenvalue weighted by Crippen LogP contribution is 2.23. The van der Waals surface area contributed by atoms with Crippen LogP contribution < -0.4 is 5.32 Å². The average molecular weight is 306 g/mol. The number of rotatable bonds is 3. The van der Waals surface area contributed by atoms with Crippen LogP contribution in [0.15, 0.2) is 71.9 Å². The molecule has 23 heavy (non-hydrogen) atoms. The van der Waals surface area contributed by atoms with Crippen molar-refractivity contribution in [2.45, 2.75) is 0 Å². The van der Waals surface area contributed by atoms with Crippen LogP contribution in [0.25, 0.3) is 10.8 Å². The SMILES string of the molecule is O=C(Nc1cccc2ccccc12)O/N=C\c1ccccc1O. The fraction of sp³-hybridized carbons (Fsp3) is 0. The lowest BCUT2D eigenvalue weighted by atomic mass is 10.1. The van der Waals surface area contributed by atoms with Crippen molar-refractivity contribution in [2.24, 2.45) is 5.16 Å². The summed E-state index contributed by atoms with van der Waals surface area (Å²) in [5, 5.41) is 17.7. The number of phenolic OH excluding ortho intramolecular Hbond substituents is 1. The van der Waals surface area contributed by atoms with Crippen LogP contribution in [0, 0.1) is 0 Å². The second-order valence-corrected chi connectivity index (χ2v) is 4.82. The van der Waals surface area contributed by atoms with Crippen LogP contribution >= 0.6 is 0 Å². The van der Waals surface area contributed by atoms with Gasteiger partial charge in [-0.25, -0.2) is 4.79 Å². The average Bonchev–Trinajstić information content (AvgIpc) is 2.57. The lowest BCUT2D eigenvalue weighted by molar-refractivity contribution is 0.167. The first kappa shape index (κ1) is 14.6. The minimum Gasteiger partial charge on any atom is -0.507 e. The molecule has 0 atom stereocenters. The second-order valence-electron chi connectivity index (χ2n) is 4.82. The summed E-state index contributed by atoms with van der Waals surface area (Å²) in [6.45, 7) is 0. The van der Waals surface area contributed by atoms with Crippen LogP contribution in [0.1, 0.15) is 5.56 Å². The summed E-state index contributed by atoms with van der Waals surface area (Å²) >= 11 is 0. The van der Waals surface area contributed by atoms with Gasteiger partial charge in [0.05, 0.1) is 11.9 Å². The molecule has 0 saturated carbocycles. The number of phenols is 1. The maximum Gasteiger partial charge on any atom is 0.437 e. The predicted molar refractivity (Wildman–Crippen MR) is 89.8 cm³/mol. The Balaban J connectivity index is 1.69. The molecule has 1 amide bonds. The number of benzene rings is 3. The van der Waals surface area contributed by atoms with Crippen molar-refractivity contribution in [3.05, 3.63) is 72.3 Å². The number of hydrogen-bond donors (Lipinski definition) is 2. The van der Waals surface area contributed by atoms with E-state index in [9.17, 15) is 9.90 Å². The fourth-order valence-electron chi connectivity index (χ4n) is 2.19. The molecular weight excluding hydrogens is 292 g/mol. The number of para-hydroxylation sites is 1. The van der Waals surface area contributed by atoms with E-state index in [0.29, 0.717) is 11.3 Å². The molecule has 2 N–H and O–H groups in total. The number of fused-ring (bicyclic) bond motifs is 1. The van der Waals surface area contributed by atoms with Gasteiger partial charge in [-0.1, -0.05) is 53.7 Å². The molecule has 0 bridgehead atoms. The normalized spacial score (nSPS) is 10.8. The third-order valence-electron chi connectivity index (χ3n) is 3.29. The van der Waals surface area contributed by atoms with Gasteiger partial charge in [0.1, 0.15) is 5.75 Å². The van der Waals surface area contributed by atoms with Crippen molar-refractivity contribution in [1.82, 2.24) is 0 Å². The molecule has 5 nitrogen and oxygen atoms in total. The zero-order chi connectivity index (χ0) is 16.1. The summed E-state index contributed by atoms with van der Waals surface area (Å²) in [5.74, 6) is 0.0642. The van der Waals surface area contributed by atoms with Crippen molar-refractivity contribution in [3.63, 3.8) is 0 Å². The van der Waals surface area contributed by atoms with Crippen molar-refractivity contribution in [1.29, 1.82) is 0 Å². The second kappa shape index (κ2) is 6.62. The maximum atomic E-state index is 11.8. The zero-order valence-corrected chi connectivity index (χ0v) is 12.1. The molecule has 0 unspecified atom stereocenters. The van der Waals surface area contributed by atoms with Gasteiger partial charge >= 0.3 is 6.09 Å². The molecule has 0 radical (unpaired) electrons. The van der Waals surface area contributed by atoms with Crippen LogP contribution in [-0.4, -0.2) is 17.4 Å². The number of carbonyl (C=O) groups is 1. The standard InChI is InChI=1S/C18H14N2O3/c21-17-11-4-2-7-14(17)12-19-23-18(22)20-16-10-5-8-13-6-1-3-9-15(13)16/h1-12,21H,(H,20,22)/b19-12-. The van der Waals surface area contributed by atoms with E-state index in [1.54, 1.807) is 24.3 Å². The summed E-state index contributed by atoms with van der Waals surface area (Å²) in [6, 6.07) is 19.9. The number of oxime groups is 1. The van der Waals surface area contributed by atoms with Crippen molar-refractivity contribution in [2.75, 3.05) is 5.32 Å². The highest BCUT2D eigenvalue weighted by Gasteiger charge is 2.06. The van der Waals surface area contributed by atoms with E-state index in [1.165, 1.54) is 12.3 Å². The molecule has 0 aliphatic rings. The first-order chi connectivity index (χ1) is 11.2. The monoisotopic (exact) mass is 306 g/mol. The Labute approximate surface area is 132 Å². The van der Waals surface area contributed by atoms with Crippen LogP contribution in [-0.2, 0) is 4.84 Å². The predicted octanol–water partition coefficient (Wildman–Crippen LogP) is 4.13. The molecule has 0 aromatic heterocycles. The molecule has 5 heteroatoms. The summed E-state index contributed by atoms with van der Waals surface area (Å²) in [5.41, 5.74) is 1.11. The van der Waals surface area contributed by atoms with E-state index in [4.69, 9.17) is 4.84 Å². The van der Waals surface area contributed by atoms with Gasteiger partial charge in [-0.2, -0.15) is 0 Å². The summed E-state index contributed by atoms with van der Waals surface area (Å²) < 4.78 is 0. The van der Waals surface area contributed by atoms with Crippen LogP contribution in [0.2, 0.25) is 0 Å². The third kappa shape index (κ3) is 3.47. The minimum atomic E-state index is -0.701. The van der Waals surface area contributed by atoms with E-state index in [-0.39, 0.29) is 5.75 Å². The number of aromatic hydroxyl groups is 1. The van der Waals surface area contributed by atoms with Crippen molar-refractivity contribution < 1.29 is 14.7 Å². The van der Waals surface area contributed by atoms with Gasteiger partial charge in [0, 0.05) is 10.9 Å². The van der Waals surface area contributed by atoms with Gasteiger partial charge in [0.15, 0.2) is 0 Å². The Hall–Kier alpha value is -3.34. The molecule has 0 fully saturated rings. The molecule has 0 aliphatic carbocycles. The van der Waals surface area contributed by atoms with Crippen LogP contribution in [0.4, 0.5) is 10.5 Å². The van der Waals surface area contributed by atoms with Crippen molar-refractivity contribution in [3.8, 4) is 5.75 Å². The Morgan fingerprint density at radius 2 is 1.74 bits per heavy atom. The Bertz CT molecular complexity index is 870. The molecule has 3 rings (SSSR count). The van der Waals surface area contributed by atoms with E-state index >= 15 is 0 Å². The van der Waals surface area contributed by atoms with Gasteiger partial charge in [-0.3, -0.25) is 10.2 Å². The molecule has 0 spiro atoms. The molecule has 0 aliphatic heterocycles. The molecule has 114 valence electrons. The van der Waals surface area contributed by atoms with E-state index in [2.05, 4.69) is 10.5 Å². The number of amides is 1. The van der Waals surface area contributed by atoms with E-state index in [1.807, 2.05) is 36.4 Å². The molecular formula is C18H14N2O3. The summed E-state index contributed by atoms with van der Waals surface area (Å²) in [6.07, 6.45) is 0.575. The first-order valence-corrected chi connectivity index (χ1v) is 7.01. The van der Waals surface area contributed by atoms with E-state index < -0.39 is 6.09 Å². The van der Waals surface area contributed by atoms with Gasteiger partial charge in [0.2, 0.25) is 0 Å². The fourth-order valence-corrected chi connectivity index (χ4v) is 2.19. The molecule has 0 saturated heterocycles. The number of nitrogens with one attached hydrogen (secondary N) is 1. The lowest BCUT2D eigenvalue weighted by Gasteiger charge is -2.06. The van der Waals surface area contributed by atoms with Gasteiger partial charge < -0.3 is 5.11 Å². The number of nitrogens with zero attached hydrogens (tertiary/aromatic N) is 1. The Kier molecular flexibility index (Phi) is 4.20. The largest absolute Gasteiger partial charge is 0.507 e. The highest BCUT2D eigenvalue weighted by atomic mass is 16.7. The quantitative estimate of drug-likeness (QED) is 0.434. The number of carbonyl (C=O) groups excluding carboxylic acids is 1. The third-order valence-corrected chi connectivity index (χ3v) is 3.29. The molecule has 3 aromatic carbocycles. The topological polar surface area (TPSA) is 70.9 Å². The molecule has 3 aromatic rings. The smallest absolute Gasteiger partial charge is 0.437 e. The number of anilines is 1. The Morgan fingerprint density at radius 3 is 2.61 bits per heavy atom. The summed E-state index contributed by atoms with van der Waals surface area (Å²) in [7, 11) is 0. The highest BCUT2D eigenvalue weighted by molar-refractivity contribution is 6.00.